The van der Waals surface area contributed by atoms with Crippen molar-refractivity contribution in [1.29, 1.82) is 0 Å². The Kier molecular flexibility index (Phi) is 4.66. The maximum atomic E-state index is 13.5. The van der Waals surface area contributed by atoms with Crippen molar-refractivity contribution in [2.45, 2.75) is 19.3 Å². The molecule has 0 atom stereocenters. The number of hydrogen-bond donors (Lipinski definition) is 0. The van der Waals surface area contributed by atoms with E-state index < -0.39 is 5.82 Å². The summed E-state index contributed by atoms with van der Waals surface area (Å²) in [4.78, 5) is 16.9. The number of nitrogens with zero attached hydrogens (tertiary/aromatic N) is 2. The molecule has 3 nitrogen and oxygen atoms in total. The third-order valence-electron chi connectivity index (χ3n) is 4.51. The van der Waals surface area contributed by atoms with E-state index in [0.717, 1.165) is 38.6 Å². The van der Waals surface area contributed by atoms with Gasteiger partial charge in [-0.15, -0.1) is 0 Å². The molecule has 0 radical (unpaired) electrons. The highest BCUT2D eigenvalue weighted by atomic mass is 19.1. The third kappa shape index (κ3) is 4.11. The van der Waals surface area contributed by atoms with E-state index in [2.05, 4.69) is 9.80 Å². The summed E-state index contributed by atoms with van der Waals surface area (Å²) in [6.45, 7) is 6.25. The van der Waals surface area contributed by atoms with Gasteiger partial charge in [0.25, 0.3) is 0 Å². The van der Waals surface area contributed by atoms with Crippen LogP contribution in [0.15, 0.2) is 24.3 Å². The highest BCUT2D eigenvalue weighted by molar-refractivity contribution is 5.96. The van der Waals surface area contributed by atoms with E-state index in [4.69, 9.17) is 0 Å². The van der Waals surface area contributed by atoms with Gasteiger partial charge in [-0.2, -0.15) is 0 Å². The topological polar surface area (TPSA) is 23.6 Å². The molecule has 0 amide bonds. The van der Waals surface area contributed by atoms with Crippen LogP contribution in [0.3, 0.4) is 0 Å². The van der Waals surface area contributed by atoms with E-state index in [1.54, 1.807) is 18.2 Å². The molecule has 1 aliphatic carbocycles. The van der Waals surface area contributed by atoms with Crippen molar-refractivity contribution in [2.75, 3.05) is 39.3 Å². The quantitative estimate of drug-likeness (QED) is 0.752. The number of carbonyl (C=O) groups is 1. The van der Waals surface area contributed by atoms with Crippen molar-refractivity contribution in [3.05, 3.63) is 35.6 Å². The Morgan fingerprint density at radius 1 is 1.10 bits per heavy atom. The van der Waals surface area contributed by atoms with E-state index >= 15 is 0 Å². The molecular formula is C17H23FN2O. The number of halogens is 1. The zero-order chi connectivity index (χ0) is 14.7. The maximum absolute atomic E-state index is 13.5. The molecule has 2 fully saturated rings. The standard InChI is InChI=1S/C17H23FN2O/c18-16-4-2-1-3-15(16)17(21)7-8-19-9-11-20(12-10-19)13-14-5-6-14/h1-4,14H,5-13H2. The fourth-order valence-corrected chi connectivity index (χ4v) is 2.94. The SMILES string of the molecule is O=C(CCN1CCN(CC2CC2)CC1)c1ccccc1F. The van der Waals surface area contributed by atoms with Crippen molar-refractivity contribution in [1.82, 2.24) is 9.80 Å². The highest BCUT2D eigenvalue weighted by Gasteiger charge is 2.26. The summed E-state index contributed by atoms with van der Waals surface area (Å²) in [6, 6.07) is 6.26. The van der Waals surface area contributed by atoms with Crippen molar-refractivity contribution >= 4 is 5.78 Å². The fraction of sp³-hybridized carbons (Fsp3) is 0.588. The molecule has 1 aliphatic heterocycles. The molecule has 4 heteroatoms. The summed E-state index contributed by atoms with van der Waals surface area (Å²) >= 11 is 0. The first-order valence-corrected chi connectivity index (χ1v) is 7.95. The average Bonchev–Trinajstić information content (AvgIpc) is 3.31. The van der Waals surface area contributed by atoms with Gasteiger partial charge >= 0.3 is 0 Å². The molecule has 0 aromatic heterocycles. The molecule has 3 rings (SSSR count). The van der Waals surface area contributed by atoms with Gasteiger partial charge in [0.1, 0.15) is 5.82 Å². The van der Waals surface area contributed by atoms with Crippen LogP contribution in [0, 0.1) is 11.7 Å². The van der Waals surface area contributed by atoms with Crippen LogP contribution in [0.1, 0.15) is 29.6 Å². The first-order valence-electron chi connectivity index (χ1n) is 7.95. The molecule has 0 bridgehead atoms. The van der Waals surface area contributed by atoms with Crippen LogP contribution in [-0.2, 0) is 0 Å². The lowest BCUT2D eigenvalue weighted by Gasteiger charge is -2.34. The summed E-state index contributed by atoms with van der Waals surface area (Å²) in [5.41, 5.74) is 0.227. The summed E-state index contributed by atoms with van der Waals surface area (Å²) in [6.07, 6.45) is 3.21. The van der Waals surface area contributed by atoms with Gasteiger partial charge in [0, 0.05) is 45.7 Å². The predicted octanol–water partition coefficient (Wildman–Crippen LogP) is 2.43. The molecule has 114 valence electrons. The maximum Gasteiger partial charge on any atom is 0.167 e. The Bertz CT molecular complexity index is 493. The van der Waals surface area contributed by atoms with Gasteiger partial charge in [0.05, 0.1) is 5.56 Å². The van der Waals surface area contributed by atoms with Crippen molar-refractivity contribution in [3.8, 4) is 0 Å². The van der Waals surface area contributed by atoms with Gasteiger partial charge in [-0.3, -0.25) is 4.79 Å². The molecule has 1 saturated carbocycles. The van der Waals surface area contributed by atoms with E-state index in [-0.39, 0.29) is 11.3 Å². The molecule has 1 aromatic rings. The lowest BCUT2D eigenvalue weighted by Crippen LogP contribution is -2.47. The fourth-order valence-electron chi connectivity index (χ4n) is 2.94. The zero-order valence-corrected chi connectivity index (χ0v) is 12.4. The smallest absolute Gasteiger partial charge is 0.167 e. The summed E-state index contributed by atoms with van der Waals surface area (Å²) in [7, 11) is 0. The van der Waals surface area contributed by atoms with Crippen LogP contribution in [0.4, 0.5) is 4.39 Å². The Hall–Kier alpha value is -1.26. The average molecular weight is 290 g/mol. The van der Waals surface area contributed by atoms with E-state index in [0.29, 0.717) is 6.42 Å². The monoisotopic (exact) mass is 290 g/mol. The minimum Gasteiger partial charge on any atom is -0.301 e. The number of ketones is 1. The van der Waals surface area contributed by atoms with Gasteiger partial charge in [-0.1, -0.05) is 12.1 Å². The third-order valence-corrected chi connectivity index (χ3v) is 4.51. The summed E-state index contributed by atoms with van der Waals surface area (Å²) in [5.74, 6) is 0.449. The minimum atomic E-state index is -0.406. The Labute approximate surface area is 125 Å². The lowest BCUT2D eigenvalue weighted by atomic mass is 10.1. The van der Waals surface area contributed by atoms with Crippen LogP contribution in [0.2, 0.25) is 0 Å². The molecule has 0 unspecified atom stereocenters. The highest BCUT2D eigenvalue weighted by Crippen LogP contribution is 2.29. The predicted molar refractivity (Wildman–Crippen MR) is 81.0 cm³/mol. The van der Waals surface area contributed by atoms with Crippen LogP contribution in [-0.4, -0.2) is 54.9 Å². The number of benzene rings is 1. The minimum absolute atomic E-state index is 0.0893. The van der Waals surface area contributed by atoms with Gasteiger partial charge in [-0.05, 0) is 30.9 Å². The second kappa shape index (κ2) is 6.67. The Morgan fingerprint density at radius 3 is 2.43 bits per heavy atom. The molecule has 1 heterocycles. The second-order valence-corrected chi connectivity index (χ2v) is 6.24. The van der Waals surface area contributed by atoms with Gasteiger partial charge in [0.2, 0.25) is 0 Å². The van der Waals surface area contributed by atoms with E-state index in [1.165, 1.54) is 25.5 Å². The first-order chi connectivity index (χ1) is 10.2. The van der Waals surface area contributed by atoms with Crippen molar-refractivity contribution in [2.24, 2.45) is 5.92 Å². The number of piperazine rings is 1. The normalized spacial score (nSPS) is 20.6. The largest absolute Gasteiger partial charge is 0.301 e. The Morgan fingerprint density at radius 2 is 1.76 bits per heavy atom. The molecular weight excluding hydrogens is 267 g/mol. The van der Waals surface area contributed by atoms with E-state index in [1.807, 2.05) is 0 Å². The molecule has 2 aliphatic rings. The van der Waals surface area contributed by atoms with E-state index in [9.17, 15) is 9.18 Å². The molecule has 1 aromatic carbocycles. The number of hydrogen-bond acceptors (Lipinski definition) is 3. The Balaban J connectivity index is 1.41. The number of carbonyl (C=O) groups excluding carboxylic acids is 1. The summed E-state index contributed by atoms with van der Waals surface area (Å²) < 4.78 is 13.5. The van der Waals surface area contributed by atoms with Gasteiger partial charge < -0.3 is 9.80 Å². The summed E-state index contributed by atoms with van der Waals surface area (Å²) in [5, 5.41) is 0. The van der Waals surface area contributed by atoms with Crippen LogP contribution < -0.4 is 0 Å². The zero-order valence-electron chi connectivity index (χ0n) is 12.4. The van der Waals surface area contributed by atoms with Crippen LogP contribution in [0.25, 0.3) is 0 Å². The number of rotatable bonds is 6. The van der Waals surface area contributed by atoms with Crippen molar-refractivity contribution in [3.63, 3.8) is 0 Å². The first kappa shape index (κ1) is 14.7. The van der Waals surface area contributed by atoms with Crippen molar-refractivity contribution < 1.29 is 9.18 Å². The second-order valence-electron chi connectivity index (χ2n) is 6.24. The lowest BCUT2D eigenvalue weighted by molar-refractivity contribution is 0.0921. The van der Waals surface area contributed by atoms with Gasteiger partial charge in [0.15, 0.2) is 5.78 Å². The van der Waals surface area contributed by atoms with Gasteiger partial charge in [-0.25, -0.2) is 4.39 Å². The van der Waals surface area contributed by atoms with Crippen LogP contribution >= 0.6 is 0 Å². The molecule has 21 heavy (non-hydrogen) atoms. The number of Topliss-reactive ketones (excluding diaryl/α,β-unsaturated/α-hetero) is 1. The molecule has 0 N–H and O–H groups in total. The molecule has 0 spiro atoms. The van der Waals surface area contributed by atoms with Crippen LogP contribution in [0.5, 0.6) is 0 Å². The molecule has 1 saturated heterocycles.